The fourth-order valence-electron chi connectivity index (χ4n) is 1.80. The number of methoxy groups -OCH3 is 1. The van der Waals surface area contributed by atoms with Crippen molar-refractivity contribution in [1.82, 2.24) is 14.8 Å². The van der Waals surface area contributed by atoms with Crippen LogP contribution in [0.15, 0.2) is 30.3 Å². The number of benzene rings is 1. The molecule has 2 N–H and O–H groups in total. The van der Waals surface area contributed by atoms with E-state index in [4.69, 9.17) is 10.5 Å². The van der Waals surface area contributed by atoms with E-state index in [1.807, 2.05) is 41.9 Å². The van der Waals surface area contributed by atoms with E-state index < -0.39 is 0 Å². The van der Waals surface area contributed by atoms with Gasteiger partial charge in [0.2, 0.25) is 0 Å². The first-order chi connectivity index (χ1) is 8.27. The number of ether oxygens (including phenoxy) is 1. The van der Waals surface area contributed by atoms with E-state index >= 15 is 0 Å². The first-order valence-corrected chi connectivity index (χ1v) is 5.44. The van der Waals surface area contributed by atoms with Crippen LogP contribution in [-0.2, 0) is 18.3 Å². The highest BCUT2D eigenvalue weighted by Crippen LogP contribution is 2.23. The van der Waals surface area contributed by atoms with Gasteiger partial charge in [-0.1, -0.05) is 30.3 Å². The average molecular weight is 232 g/mol. The molecule has 17 heavy (non-hydrogen) atoms. The number of rotatable bonds is 4. The molecule has 0 aliphatic heterocycles. The van der Waals surface area contributed by atoms with E-state index in [0.29, 0.717) is 6.54 Å². The number of hydrogen-bond donors (Lipinski definition) is 1. The van der Waals surface area contributed by atoms with Crippen molar-refractivity contribution in [2.24, 2.45) is 12.8 Å². The topological polar surface area (TPSA) is 66.0 Å². The van der Waals surface area contributed by atoms with E-state index in [1.54, 1.807) is 7.11 Å². The van der Waals surface area contributed by atoms with Crippen LogP contribution in [0.1, 0.15) is 23.3 Å². The molecule has 5 nitrogen and oxygen atoms in total. The van der Waals surface area contributed by atoms with Gasteiger partial charge in [-0.15, -0.1) is 10.2 Å². The number of aromatic nitrogens is 3. The molecule has 1 aromatic carbocycles. The van der Waals surface area contributed by atoms with Crippen molar-refractivity contribution in [3.8, 4) is 0 Å². The van der Waals surface area contributed by atoms with E-state index in [2.05, 4.69) is 10.2 Å². The molecule has 0 amide bonds. The first-order valence-electron chi connectivity index (χ1n) is 5.44. The monoisotopic (exact) mass is 232 g/mol. The molecule has 2 aromatic rings. The lowest BCUT2D eigenvalue weighted by Crippen LogP contribution is -2.12. The van der Waals surface area contributed by atoms with Gasteiger partial charge in [0.15, 0.2) is 5.82 Å². The zero-order valence-corrected chi connectivity index (χ0v) is 10.00. The van der Waals surface area contributed by atoms with Crippen molar-refractivity contribution in [2.45, 2.75) is 12.6 Å². The van der Waals surface area contributed by atoms with Crippen molar-refractivity contribution in [1.29, 1.82) is 0 Å². The van der Waals surface area contributed by atoms with Crippen molar-refractivity contribution in [3.63, 3.8) is 0 Å². The maximum atomic E-state index is 5.58. The Labute approximate surface area is 100 Å². The summed E-state index contributed by atoms with van der Waals surface area (Å²) in [6.07, 6.45) is -0.214. The highest BCUT2D eigenvalue weighted by atomic mass is 16.5. The molecule has 1 heterocycles. The Bertz CT molecular complexity index is 481. The molecule has 1 atom stereocenters. The Morgan fingerprint density at radius 2 is 2.00 bits per heavy atom. The lowest BCUT2D eigenvalue weighted by Gasteiger charge is -2.15. The molecular formula is C12H16N4O. The standard InChI is InChI=1S/C12H16N4O/c1-16-10(8-13)14-15-12(16)11(17-2)9-6-4-3-5-7-9/h3-7,11H,8,13H2,1-2H3. The van der Waals surface area contributed by atoms with Crippen LogP contribution in [0.25, 0.3) is 0 Å². The molecule has 0 aliphatic rings. The van der Waals surface area contributed by atoms with Gasteiger partial charge in [-0.3, -0.25) is 0 Å². The Morgan fingerprint density at radius 1 is 1.29 bits per heavy atom. The third-order valence-corrected chi connectivity index (χ3v) is 2.75. The molecule has 0 spiro atoms. The lowest BCUT2D eigenvalue weighted by molar-refractivity contribution is 0.126. The summed E-state index contributed by atoms with van der Waals surface area (Å²) in [7, 11) is 3.56. The maximum Gasteiger partial charge on any atom is 0.166 e. The molecule has 1 unspecified atom stereocenters. The fraction of sp³-hybridized carbons (Fsp3) is 0.333. The van der Waals surface area contributed by atoms with Crippen LogP contribution in [0.2, 0.25) is 0 Å². The normalized spacial score (nSPS) is 12.6. The summed E-state index contributed by atoms with van der Waals surface area (Å²) in [5.74, 6) is 1.51. The maximum absolute atomic E-state index is 5.58. The van der Waals surface area contributed by atoms with Gasteiger partial charge in [0.1, 0.15) is 11.9 Å². The molecule has 2 rings (SSSR count). The highest BCUT2D eigenvalue weighted by Gasteiger charge is 2.20. The summed E-state index contributed by atoms with van der Waals surface area (Å²) in [5, 5.41) is 8.18. The van der Waals surface area contributed by atoms with Crippen LogP contribution in [0.5, 0.6) is 0 Å². The SMILES string of the molecule is COC(c1ccccc1)c1nnc(CN)n1C. The summed E-state index contributed by atoms with van der Waals surface area (Å²) in [6, 6.07) is 9.93. The minimum Gasteiger partial charge on any atom is -0.369 e. The van der Waals surface area contributed by atoms with Crippen molar-refractivity contribution >= 4 is 0 Å². The van der Waals surface area contributed by atoms with Crippen LogP contribution in [0.4, 0.5) is 0 Å². The van der Waals surface area contributed by atoms with E-state index in [-0.39, 0.29) is 6.10 Å². The third kappa shape index (κ3) is 2.20. The largest absolute Gasteiger partial charge is 0.369 e. The van der Waals surface area contributed by atoms with Gasteiger partial charge in [-0.25, -0.2) is 0 Å². The molecule has 0 saturated carbocycles. The van der Waals surface area contributed by atoms with Crippen molar-refractivity contribution in [2.75, 3.05) is 7.11 Å². The predicted octanol–water partition coefficient (Wildman–Crippen LogP) is 1.01. The van der Waals surface area contributed by atoms with Crippen LogP contribution in [0, 0.1) is 0 Å². The van der Waals surface area contributed by atoms with Gasteiger partial charge in [0.05, 0.1) is 6.54 Å². The molecule has 0 aliphatic carbocycles. The number of nitrogens with two attached hydrogens (primary N) is 1. The highest BCUT2D eigenvalue weighted by molar-refractivity contribution is 5.23. The van der Waals surface area contributed by atoms with Crippen LogP contribution >= 0.6 is 0 Å². The second kappa shape index (κ2) is 5.07. The van der Waals surface area contributed by atoms with Gasteiger partial charge >= 0.3 is 0 Å². The molecular weight excluding hydrogens is 216 g/mol. The molecule has 0 bridgehead atoms. The summed E-state index contributed by atoms with van der Waals surface area (Å²) in [6.45, 7) is 0.370. The first kappa shape index (κ1) is 11.8. The van der Waals surface area contributed by atoms with E-state index in [1.165, 1.54) is 0 Å². The van der Waals surface area contributed by atoms with E-state index in [0.717, 1.165) is 17.2 Å². The van der Waals surface area contributed by atoms with Gasteiger partial charge in [0, 0.05) is 14.2 Å². The van der Waals surface area contributed by atoms with Gasteiger partial charge in [-0.2, -0.15) is 0 Å². The molecule has 5 heteroatoms. The molecule has 0 fully saturated rings. The van der Waals surface area contributed by atoms with E-state index in [9.17, 15) is 0 Å². The summed E-state index contributed by atoms with van der Waals surface area (Å²) >= 11 is 0. The minimum absolute atomic E-state index is 0.214. The predicted molar refractivity (Wildman–Crippen MR) is 64.2 cm³/mol. The zero-order valence-electron chi connectivity index (χ0n) is 10.00. The molecule has 1 aromatic heterocycles. The second-order valence-electron chi connectivity index (χ2n) is 3.76. The van der Waals surface area contributed by atoms with Crippen LogP contribution < -0.4 is 5.73 Å². The Morgan fingerprint density at radius 3 is 2.53 bits per heavy atom. The summed E-state index contributed by atoms with van der Waals surface area (Å²) in [5.41, 5.74) is 6.63. The van der Waals surface area contributed by atoms with Crippen molar-refractivity contribution in [3.05, 3.63) is 47.5 Å². The fourth-order valence-corrected chi connectivity index (χ4v) is 1.80. The quantitative estimate of drug-likeness (QED) is 0.854. The number of hydrogen-bond acceptors (Lipinski definition) is 4. The molecule has 0 radical (unpaired) electrons. The lowest BCUT2D eigenvalue weighted by atomic mass is 10.1. The Kier molecular flexibility index (Phi) is 3.51. The molecule has 90 valence electrons. The molecule has 0 saturated heterocycles. The Hall–Kier alpha value is -1.72. The van der Waals surface area contributed by atoms with Crippen LogP contribution in [-0.4, -0.2) is 21.9 Å². The summed E-state index contributed by atoms with van der Waals surface area (Å²) < 4.78 is 7.37. The van der Waals surface area contributed by atoms with Gasteiger partial charge in [-0.05, 0) is 5.56 Å². The summed E-state index contributed by atoms with van der Waals surface area (Å²) in [4.78, 5) is 0. The van der Waals surface area contributed by atoms with Crippen molar-refractivity contribution < 1.29 is 4.74 Å². The minimum atomic E-state index is -0.214. The average Bonchev–Trinajstić information content (AvgIpc) is 2.73. The smallest absolute Gasteiger partial charge is 0.166 e. The number of nitrogens with zero attached hydrogens (tertiary/aromatic N) is 3. The Balaban J connectivity index is 2.39. The third-order valence-electron chi connectivity index (χ3n) is 2.75. The second-order valence-corrected chi connectivity index (χ2v) is 3.76. The van der Waals surface area contributed by atoms with Gasteiger partial charge in [0.25, 0.3) is 0 Å². The van der Waals surface area contributed by atoms with Crippen LogP contribution in [0.3, 0.4) is 0 Å². The zero-order chi connectivity index (χ0) is 12.3. The van der Waals surface area contributed by atoms with Gasteiger partial charge < -0.3 is 15.0 Å².